The molecule has 2 aromatic rings. The molecule has 1 aromatic carbocycles. The Labute approximate surface area is 170 Å². The lowest BCUT2D eigenvalue weighted by molar-refractivity contribution is -0.123. The molecule has 1 aromatic heterocycles. The summed E-state index contributed by atoms with van der Waals surface area (Å²) in [4.78, 5) is 31.2. The van der Waals surface area contributed by atoms with Crippen molar-refractivity contribution in [3.05, 3.63) is 42.0 Å². The second kappa shape index (κ2) is 8.73. The van der Waals surface area contributed by atoms with Crippen molar-refractivity contribution >= 4 is 11.8 Å². The van der Waals surface area contributed by atoms with Crippen molar-refractivity contribution in [1.29, 1.82) is 0 Å². The fourth-order valence-corrected chi connectivity index (χ4v) is 4.25. The van der Waals surface area contributed by atoms with Crippen LogP contribution in [0.4, 0.5) is 0 Å². The van der Waals surface area contributed by atoms with Gasteiger partial charge in [-0.25, -0.2) is 9.67 Å². The van der Waals surface area contributed by atoms with Gasteiger partial charge in [-0.1, -0.05) is 0 Å². The molecule has 8 nitrogen and oxygen atoms in total. The van der Waals surface area contributed by atoms with Crippen molar-refractivity contribution in [1.82, 2.24) is 30.3 Å². The van der Waals surface area contributed by atoms with Crippen LogP contribution in [0.2, 0.25) is 0 Å². The number of hydrogen-bond acceptors (Lipinski definition) is 5. The lowest BCUT2D eigenvalue weighted by atomic mass is 9.97. The molecular formula is C21H28N6O2. The first-order chi connectivity index (χ1) is 14.1. The Morgan fingerprint density at radius 1 is 1.28 bits per heavy atom. The molecule has 0 saturated carbocycles. The van der Waals surface area contributed by atoms with Crippen molar-refractivity contribution in [3.63, 3.8) is 0 Å². The van der Waals surface area contributed by atoms with Gasteiger partial charge in [-0.05, 0) is 68.8 Å². The highest BCUT2D eigenvalue weighted by atomic mass is 16.2. The summed E-state index contributed by atoms with van der Waals surface area (Å²) in [5, 5.41) is 10.5. The molecule has 2 N–H and O–H groups in total. The second-order valence-electron chi connectivity index (χ2n) is 7.99. The highest BCUT2D eigenvalue weighted by Crippen LogP contribution is 2.21. The van der Waals surface area contributed by atoms with E-state index in [4.69, 9.17) is 0 Å². The van der Waals surface area contributed by atoms with Crippen molar-refractivity contribution in [2.45, 2.75) is 38.6 Å². The molecule has 2 aliphatic heterocycles. The molecule has 2 amide bonds. The van der Waals surface area contributed by atoms with Crippen molar-refractivity contribution in [3.8, 4) is 5.69 Å². The SMILES string of the molecule is Cc1cc(C(=O)N2CCCC(CNC(=O)C3CCCN3)C2)ccc1-n1cncn1. The van der Waals surface area contributed by atoms with Crippen LogP contribution in [-0.4, -0.2) is 63.7 Å². The average Bonchev–Trinajstić information content (AvgIpc) is 3.46. The number of hydrogen-bond donors (Lipinski definition) is 2. The molecule has 29 heavy (non-hydrogen) atoms. The topological polar surface area (TPSA) is 92.2 Å². The Hall–Kier alpha value is -2.74. The number of amides is 2. The van der Waals surface area contributed by atoms with Crippen molar-refractivity contribution in [2.75, 3.05) is 26.2 Å². The van der Waals surface area contributed by atoms with Crippen LogP contribution in [0, 0.1) is 12.8 Å². The smallest absolute Gasteiger partial charge is 0.253 e. The number of aromatic nitrogens is 3. The summed E-state index contributed by atoms with van der Waals surface area (Å²) in [7, 11) is 0. The number of carbonyl (C=O) groups is 2. The molecular weight excluding hydrogens is 368 g/mol. The van der Waals surface area contributed by atoms with Crippen LogP contribution in [0.3, 0.4) is 0 Å². The summed E-state index contributed by atoms with van der Waals surface area (Å²) in [5.41, 5.74) is 2.58. The zero-order valence-electron chi connectivity index (χ0n) is 16.8. The number of nitrogens with zero attached hydrogens (tertiary/aromatic N) is 4. The molecule has 2 atom stereocenters. The van der Waals surface area contributed by atoms with Gasteiger partial charge in [0.1, 0.15) is 12.7 Å². The molecule has 154 valence electrons. The van der Waals surface area contributed by atoms with Crippen LogP contribution >= 0.6 is 0 Å². The van der Waals surface area contributed by atoms with E-state index in [9.17, 15) is 9.59 Å². The van der Waals surface area contributed by atoms with E-state index in [0.29, 0.717) is 24.6 Å². The highest BCUT2D eigenvalue weighted by Gasteiger charge is 2.27. The lowest BCUT2D eigenvalue weighted by Crippen LogP contribution is -2.46. The minimum absolute atomic E-state index is 0.0479. The van der Waals surface area contributed by atoms with Crippen LogP contribution in [0.25, 0.3) is 5.69 Å². The number of piperidine rings is 1. The van der Waals surface area contributed by atoms with E-state index < -0.39 is 0 Å². The minimum atomic E-state index is -0.0530. The largest absolute Gasteiger partial charge is 0.354 e. The Bertz CT molecular complexity index is 860. The van der Waals surface area contributed by atoms with Gasteiger partial charge in [0.05, 0.1) is 11.7 Å². The first-order valence-electron chi connectivity index (χ1n) is 10.4. The molecule has 4 rings (SSSR count). The summed E-state index contributed by atoms with van der Waals surface area (Å²) in [5.74, 6) is 0.436. The first kappa shape index (κ1) is 19.6. The molecule has 8 heteroatoms. The highest BCUT2D eigenvalue weighted by molar-refractivity contribution is 5.94. The summed E-state index contributed by atoms with van der Waals surface area (Å²) in [6.45, 7) is 4.96. The van der Waals surface area contributed by atoms with Gasteiger partial charge >= 0.3 is 0 Å². The van der Waals surface area contributed by atoms with E-state index in [1.165, 1.54) is 6.33 Å². The van der Waals surface area contributed by atoms with Gasteiger partial charge in [0, 0.05) is 25.2 Å². The number of carbonyl (C=O) groups excluding carboxylic acids is 2. The summed E-state index contributed by atoms with van der Waals surface area (Å²) < 4.78 is 1.70. The number of nitrogens with one attached hydrogen (secondary N) is 2. The molecule has 0 bridgehead atoms. The maximum Gasteiger partial charge on any atom is 0.253 e. The van der Waals surface area contributed by atoms with E-state index in [1.54, 1.807) is 11.0 Å². The third kappa shape index (κ3) is 4.48. The Morgan fingerprint density at radius 2 is 2.17 bits per heavy atom. The van der Waals surface area contributed by atoms with E-state index in [-0.39, 0.29) is 17.9 Å². The molecule has 2 aliphatic rings. The predicted molar refractivity (Wildman–Crippen MR) is 109 cm³/mol. The Balaban J connectivity index is 1.36. The fraction of sp³-hybridized carbons (Fsp3) is 0.524. The molecule has 0 aliphatic carbocycles. The van der Waals surface area contributed by atoms with Crippen molar-refractivity contribution < 1.29 is 9.59 Å². The monoisotopic (exact) mass is 396 g/mol. The minimum Gasteiger partial charge on any atom is -0.354 e. The number of aryl methyl sites for hydroxylation is 1. The maximum absolute atomic E-state index is 13.0. The van der Waals surface area contributed by atoms with Gasteiger partial charge < -0.3 is 15.5 Å². The van der Waals surface area contributed by atoms with Gasteiger partial charge in [0.25, 0.3) is 5.91 Å². The summed E-state index contributed by atoms with van der Waals surface area (Å²) >= 11 is 0. The van der Waals surface area contributed by atoms with Crippen molar-refractivity contribution in [2.24, 2.45) is 5.92 Å². The quantitative estimate of drug-likeness (QED) is 0.795. The van der Waals surface area contributed by atoms with E-state index >= 15 is 0 Å². The maximum atomic E-state index is 13.0. The predicted octanol–water partition coefficient (Wildman–Crippen LogP) is 1.30. The normalized spacial score (nSPS) is 21.9. The zero-order chi connectivity index (χ0) is 20.2. The molecule has 2 unspecified atom stereocenters. The third-order valence-corrected chi connectivity index (χ3v) is 5.86. The first-order valence-corrected chi connectivity index (χ1v) is 10.4. The summed E-state index contributed by atoms with van der Waals surface area (Å²) in [6.07, 6.45) is 7.10. The molecule has 3 heterocycles. The van der Waals surface area contributed by atoms with Gasteiger partial charge in [0.15, 0.2) is 0 Å². The van der Waals surface area contributed by atoms with Gasteiger partial charge in [0.2, 0.25) is 5.91 Å². The van der Waals surface area contributed by atoms with Crippen LogP contribution in [-0.2, 0) is 4.79 Å². The summed E-state index contributed by atoms with van der Waals surface area (Å²) in [6, 6.07) is 5.62. The second-order valence-corrected chi connectivity index (χ2v) is 7.99. The number of likely N-dealkylation sites (tertiary alicyclic amines) is 1. The Morgan fingerprint density at radius 3 is 2.90 bits per heavy atom. The van der Waals surface area contributed by atoms with E-state index in [0.717, 1.165) is 50.0 Å². The van der Waals surface area contributed by atoms with Crippen LogP contribution < -0.4 is 10.6 Å². The van der Waals surface area contributed by atoms with Crippen LogP contribution in [0.15, 0.2) is 30.9 Å². The molecule has 0 spiro atoms. The lowest BCUT2D eigenvalue weighted by Gasteiger charge is -2.33. The zero-order valence-corrected chi connectivity index (χ0v) is 16.8. The Kier molecular flexibility index (Phi) is 5.89. The fourth-order valence-electron chi connectivity index (χ4n) is 4.25. The molecule has 2 fully saturated rings. The van der Waals surface area contributed by atoms with Crippen LogP contribution in [0.5, 0.6) is 0 Å². The van der Waals surface area contributed by atoms with E-state index in [1.807, 2.05) is 30.0 Å². The standard InChI is InChI=1S/C21H28N6O2/c1-15-10-17(6-7-19(15)27-14-22-13-25-27)21(29)26-9-3-4-16(12-26)11-24-20(28)18-5-2-8-23-18/h6-7,10,13-14,16,18,23H,2-5,8-9,11-12H2,1H3,(H,24,28). The van der Waals surface area contributed by atoms with Gasteiger partial charge in [-0.2, -0.15) is 5.10 Å². The molecule has 0 radical (unpaired) electrons. The number of rotatable bonds is 5. The molecule has 2 saturated heterocycles. The van der Waals surface area contributed by atoms with Crippen LogP contribution in [0.1, 0.15) is 41.6 Å². The third-order valence-electron chi connectivity index (χ3n) is 5.86. The van der Waals surface area contributed by atoms with Gasteiger partial charge in [-0.3, -0.25) is 9.59 Å². The average molecular weight is 396 g/mol. The number of benzene rings is 1. The van der Waals surface area contributed by atoms with E-state index in [2.05, 4.69) is 20.7 Å². The van der Waals surface area contributed by atoms with Gasteiger partial charge in [-0.15, -0.1) is 0 Å².